The minimum Gasteiger partial charge on any atom is -0.444 e. The minimum absolute atomic E-state index is 0.0131. The van der Waals surface area contributed by atoms with Crippen LogP contribution in [0.25, 0.3) is 11.5 Å². The number of benzene rings is 2. The topological polar surface area (TPSA) is 75.4 Å². The summed E-state index contributed by atoms with van der Waals surface area (Å²) in [5, 5.41) is 3.47. The van der Waals surface area contributed by atoms with E-state index < -0.39 is 17.5 Å². The van der Waals surface area contributed by atoms with Crippen molar-refractivity contribution in [2.45, 2.75) is 25.9 Å². The molecular weight excluding hydrogens is 413 g/mol. The van der Waals surface area contributed by atoms with Crippen molar-refractivity contribution in [1.29, 1.82) is 0 Å². The Hall–Kier alpha value is -2.83. The molecule has 1 aliphatic rings. The second kappa shape index (κ2) is 7.21. The van der Waals surface area contributed by atoms with Crippen molar-refractivity contribution < 1.29 is 14.0 Å². The number of aryl methyl sites for hydroxylation is 1. The maximum atomic E-state index is 13.1. The molecule has 1 N–H and O–H groups in total. The summed E-state index contributed by atoms with van der Waals surface area (Å²) in [6, 6.07) is 12.0. The molecule has 1 saturated heterocycles. The first-order valence-electron chi connectivity index (χ1n) is 8.89. The predicted octanol–water partition coefficient (Wildman–Crippen LogP) is 4.92. The third kappa shape index (κ3) is 3.50. The first kappa shape index (κ1) is 19.5. The number of aromatic nitrogens is 1. The maximum absolute atomic E-state index is 13.1. The number of halogens is 2. The van der Waals surface area contributed by atoms with Gasteiger partial charge in [-0.3, -0.25) is 9.69 Å². The third-order valence-corrected chi connectivity index (χ3v) is 5.46. The monoisotopic (exact) mass is 429 g/mol. The Morgan fingerprint density at radius 2 is 1.86 bits per heavy atom. The molecule has 8 heteroatoms. The lowest BCUT2D eigenvalue weighted by molar-refractivity contribution is -0.131. The van der Waals surface area contributed by atoms with Crippen LogP contribution in [0.15, 0.2) is 53.1 Å². The van der Waals surface area contributed by atoms with Crippen molar-refractivity contribution in [3.63, 3.8) is 0 Å². The molecule has 0 bridgehead atoms. The van der Waals surface area contributed by atoms with Crippen LogP contribution in [-0.2, 0) is 16.9 Å². The molecule has 0 spiro atoms. The molecule has 3 aromatic rings. The van der Waals surface area contributed by atoms with E-state index in [2.05, 4.69) is 10.3 Å². The molecule has 0 saturated carbocycles. The number of hydrogen-bond acceptors (Lipinski definition) is 4. The fourth-order valence-electron chi connectivity index (χ4n) is 3.29. The van der Waals surface area contributed by atoms with Crippen LogP contribution in [0.4, 0.5) is 4.79 Å². The first-order chi connectivity index (χ1) is 13.8. The van der Waals surface area contributed by atoms with Crippen molar-refractivity contribution in [2.24, 2.45) is 0 Å². The SMILES string of the molecule is Cc1ccc(-c2nc(CN3C(=O)NC(C)(c4ccc(Cl)cc4Cl)C3=O)co2)cc1. The summed E-state index contributed by atoms with van der Waals surface area (Å²) in [4.78, 5) is 31.1. The Morgan fingerprint density at radius 1 is 1.14 bits per heavy atom. The van der Waals surface area contributed by atoms with Gasteiger partial charge in [0.05, 0.1) is 12.2 Å². The highest BCUT2D eigenvalue weighted by atomic mass is 35.5. The molecule has 148 valence electrons. The van der Waals surface area contributed by atoms with Crippen LogP contribution in [0.1, 0.15) is 23.7 Å². The molecule has 1 unspecified atom stereocenters. The summed E-state index contributed by atoms with van der Waals surface area (Å²) in [6.07, 6.45) is 1.45. The lowest BCUT2D eigenvalue weighted by atomic mass is 9.92. The minimum atomic E-state index is -1.29. The standard InChI is InChI=1S/C21H17Cl2N3O3/c1-12-3-5-13(6-4-12)18-24-15(11-29-18)10-26-19(27)21(2,25-20(26)28)16-8-7-14(22)9-17(16)23/h3-9,11H,10H2,1-2H3,(H,25,28). The number of carbonyl (C=O) groups is 2. The molecule has 2 heterocycles. The van der Waals surface area contributed by atoms with E-state index in [4.69, 9.17) is 27.6 Å². The predicted molar refractivity (Wildman–Crippen MR) is 110 cm³/mol. The number of nitrogens with one attached hydrogen (secondary N) is 1. The van der Waals surface area contributed by atoms with Crippen molar-refractivity contribution in [3.05, 3.63) is 75.6 Å². The van der Waals surface area contributed by atoms with E-state index in [-0.39, 0.29) is 6.54 Å². The molecule has 1 atom stereocenters. The van der Waals surface area contributed by atoms with Crippen LogP contribution < -0.4 is 5.32 Å². The quantitative estimate of drug-likeness (QED) is 0.596. The zero-order chi connectivity index (χ0) is 20.8. The average Bonchev–Trinajstić information content (AvgIpc) is 3.21. The van der Waals surface area contributed by atoms with Gasteiger partial charge in [-0.05, 0) is 38.1 Å². The van der Waals surface area contributed by atoms with Gasteiger partial charge in [-0.15, -0.1) is 0 Å². The molecule has 2 aromatic carbocycles. The van der Waals surface area contributed by atoms with Gasteiger partial charge < -0.3 is 9.73 Å². The Balaban J connectivity index is 1.58. The van der Waals surface area contributed by atoms with Gasteiger partial charge in [0, 0.05) is 21.2 Å². The Labute approximate surface area is 177 Å². The van der Waals surface area contributed by atoms with E-state index in [0.29, 0.717) is 27.2 Å². The Morgan fingerprint density at radius 3 is 2.55 bits per heavy atom. The fourth-order valence-corrected chi connectivity index (χ4v) is 3.89. The van der Waals surface area contributed by atoms with Crippen LogP contribution >= 0.6 is 23.2 Å². The molecule has 6 nitrogen and oxygen atoms in total. The number of amides is 3. The zero-order valence-electron chi connectivity index (χ0n) is 15.7. The third-order valence-electron chi connectivity index (χ3n) is 4.92. The largest absolute Gasteiger partial charge is 0.444 e. The summed E-state index contributed by atoms with van der Waals surface area (Å²) in [7, 11) is 0. The molecule has 29 heavy (non-hydrogen) atoms. The zero-order valence-corrected chi connectivity index (χ0v) is 17.2. The van der Waals surface area contributed by atoms with Crippen molar-refractivity contribution in [2.75, 3.05) is 0 Å². The molecule has 0 aliphatic carbocycles. The van der Waals surface area contributed by atoms with Gasteiger partial charge in [0.2, 0.25) is 5.89 Å². The van der Waals surface area contributed by atoms with Crippen LogP contribution in [0.2, 0.25) is 10.0 Å². The maximum Gasteiger partial charge on any atom is 0.325 e. The number of hydrogen-bond donors (Lipinski definition) is 1. The van der Waals surface area contributed by atoms with Crippen LogP contribution in [0.5, 0.6) is 0 Å². The summed E-state index contributed by atoms with van der Waals surface area (Å²) < 4.78 is 5.52. The van der Waals surface area contributed by atoms with Gasteiger partial charge in [0.15, 0.2) is 0 Å². The van der Waals surface area contributed by atoms with Gasteiger partial charge in [-0.2, -0.15) is 0 Å². The molecule has 1 aromatic heterocycles. The van der Waals surface area contributed by atoms with Gasteiger partial charge >= 0.3 is 6.03 Å². The van der Waals surface area contributed by atoms with E-state index in [1.165, 1.54) is 12.3 Å². The van der Waals surface area contributed by atoms with E-state index in [1.807, 2.05) is 31.2 Å². The Bertz CT molecular complexity index is 1110. The number of imide groups is 1. The fraction of sp³-hybridized carbons (Fsp3) is 0.190. The second-order valence-corrected chi connectivity index (χ2v) is 7.92. The van der Waals surface area contributed by atoms with Gasteiger partial charge in [-0.1, -0.05) is 47.0 Å². The normalized spacial score (nSPS) is 19.0. The molecule has 4 rings (SSSR count). The highest BCUT2D eigenvalue weighted by molar-refractivity contribution is 6.35. The van der Waals surface area contributed by atoms with E-state index in [0.717, 1.165) is 16.0 Å². The van der Waals surface area contributed by atoms with Gasteiger partial charge in [-0.25, -0.2) is 9.78 Å². The smallest absolute Gasteiger partial charge is 0.325 e. The van der Waals surface area contributed by atoms with Crippen LogP contribution in [0.3, 0.4) is 0 Å². The highest BCUT2D eigenvalue weighted by Gasteiger charge is 2.50. The Kier molecular flexibility index (Phi) is 4.84. The summed E-state index contributed by atoms with van der Waals surface area (Å²) >= 11 is 12.2. The van der Waals surface area contributed by atoms with Crippen molar-refractivity contribution in [3.8, 4) is 11.5 Å². The summed E-state index contributed by atoms with van der Waals surface area (Å²) in [5.41, 5.74) is 1.60. The van der Waals surface area contributed by atoms with Crippen LogP contribution in [-0.4, -0.2) is 21.8 Å². The first-order valence-corrected chi connectivity index (χ1v) is 9.64. The van der Waals surface area contributed by atoms with E-state index in [1.54, 1.807) is 19.1 Å². The average molecular weight is 430 g/mol. The number of nitrogens with zero attached hydrogens (tertiary/aromatic N) is 2. The van der Waals surface area contributed by atoms with E-state index >= 15 is 0 Å². The van der Waals surface area contributed by atoms with Gasteiger partial charge in [0.25, 0.3) is 5.91 Å². The lowest BCUT2D eigenvalue weighted by Gasteiger charge is -2.23. The molecule has 3 amide bonds. The summed E-state index contributed by atoms with van der Waals surface area (Å²) in [5.74, 6) is 0.00201. The number of carbonyl (C=O) groups excluding carboxylic acids is 2. The number of rotatable bonds is 4. The number of oxazole rings is 1. The lowest BCUT2D eigenvalue weighted by Crippen LogP contribution is -2.41. The van der Waals surface area contributed by atoms with Gasteiger partial charge in [0.1, 0.15) is 11.8 Å². The number of urea groups is 1. The van der Waals surface area contributed by atoms with Crippen molar-refractivity contribution >= 4 is 35.1 Å². The second-order valence-electron chi connectivity index (χ2n) is 7.08. The molecule has 1 fully saturated rings. The van der Waals surface area contributed by atoms with E-state index in [9.17, 15) is 9.59 Å². The highest BCUT2D eigenvalue weighted by Crippen LogP contribution is 2.35. The summed E-state index contributed by atoms with van der Waals surface area (Å²) in [6.45, 7) is 3.59. The molecule has 0 radical (unpaired) electrons. The molecular formula is C21H17Cl2N3O3. The van der Waals surface area contributed by atoms with Crippen LogP contribution in [0, 0.1) is 6.92 Å². The molecule has 1 aliphatic heterocycles. The van der Waals surface area contributed by atoms with Crippen molar-refractivity contribution in [1.82, 2.24) is 15.2 Å².